The normalized spacial score (nSPS) is 18.7. The Balaban J connectivity index is 1.05. The van der Waals surface area contributed by atoms with E-state index in [4.69, 9.17) is 19.4 Å². The van der Waals surface area contributed by atoms with E-state index >= 15 is 0 Å². The molecule has 206 valence electrons. The van der Waals surface area contributed by atoms with Crippen LogP contribution in [0.2, 0.25) is 0 Å². The van der Waals surface area contributed by atoms with Gasteiger partial charge >= 0.3 is 0 Å². The van der Waals surface area contributed by atoms with Crippen LogP contribution in [-0.2, 0) is 4.79 Å². The van der Waals surface area contributed by atoms with Gasteiger partial charge in [0.25, 0.3) is 0 Å². The highest BCUT2D eigenvalue weighted by Gasteiger charge is 2.23. The Morgan fingerprint density at radius 2 is 1.72 bits per heavy atom. The number of aromatic nitrogens is 2. The van der Waals surface area contributed by atoms with Crippen molar-refractivity contribution in [3.63, 3.8) is 0 Å². The Morgan fingerprint density at radius 1 is 0.949 bits per heavy atom. The molecule has 9 nitrogen and oxygen atoms in total. The summed E-state index contributed by atoms with van der Waals surface area (Å²) in [7, 11) is 3.99. The number of carbonyl (C=O) groups is 2. The van der Waals surface area contributed by atoms with Gasteiger partial charge < -0.3 is 25.0 Å². The van der Waals surface area contributed by atoms with E-state index in [0.29, 0.717) is 54.7 Å². The van der Waals surface area contributed by atoms with Gasteiger partial charge in [0, 0.05) is 56.9 Å². The zero-order valence-electron chi connectivity index (χ0n) is 22.7. The first-order valence-corrected chi connectivity index (χ1v) is 13.9. The number of anilines is 2. The monoisotopic (exact) mass is 531 g/mol. The molecule has 2 aliphatic rings. The molecule has 9 heteroatoms. The fourth-order valence-corrected chi connectivity index (χ4v) is 5.21. The third kappa shape index (κ3) is 6.77. The molecule has 2 N–H and O–H groups in total. The van der Waals surface area contributed by atoms with Gasteiger partial charge in [0.15, 0.2) is 17.3 Å². The van der Waals surface area contributed by atoms with Crippen LogP contribution in [0.4, 0.5) is 11.8 Å². The second-order valence-corrected chi connectivity index (χ2v) is 10.6. The quantitative estimate of drug-likeness (QED) is 0.386. The third-order valence-corrected chi connectivity index (χ3v) is 7.42. The summed E-state index contributed by atoms with van der Waals surface area (Å²) in [5.41, 5.74) is 1.48. The molecule has 2 heterocycles. The lowest BCUT2D eigenvalue weighted by atomic mass is 9.86. The van der Waals surface area contributed by atoms with Gasteiger partial charge in [-0.3, -0.25) is 9.59 Å². The molecular formula is C30H37N5O4. The maximum absolute atomic E-state index is 12.6. The molecule has 0 spiro atoms. The van der Waals surface area contributed by atoms with Crippen LogP contribution in [0.25, 0.3) is 10.9 Å². The maximum Gasteiger partial charge on any atom is 0.225 e. The van der Waals surface area contributed by atoms with Gasteiger partial charge in [-0.05, 0) is 61.9 Å². The van der Waals surface area contributed by atoms with Crippen molar-refractivity contribution in [3.05, 3.63) is 48.0 Å². The van der Waals surface area contributed by atoms with Crippen LogP contribution in [0.3, 0.4) is 0 Å². The van der Waals surface area contributed by atoms with Crippen LogP contribution in [0, 0.1) is 5.92 Å². The lowest BCUT2D eigenvalue weighted by Crippen LogP contribution is -2.34. The lowest BCUT2D eigenvalue weighted by Gasteiger charge is -2.29. The number of amides is 1. The largest absolute Gasteiger partial charge is 0.490 e. The highest BCUT2D eigenvalue weighted by molar-refractivity contribution is 5.98. The van der Waals surface area contributed by atoms with Crippen molar-refractivity contribution < 1.29 is 19.1 Å². The maximum atomic E-state index is 12.6. The standard InChI is InChI=1S/C30H37N5O4/c1-35(2)29-23-6-3-4-7-24(23)33-30(34-29)32-22-11-8-20(9-12-22)19-31-28(37)15-13-25(36)21-10-14-26-27(18-21)39-17-5-16-38-26/h3-4,6-7,10,14,18,20,22H,5,8-9,11-13,15-17,19H2,1-2H3,(H,31,37)(H,32,33,34)/t20-,22+. The van der Waals surface area contributed by atoms with Crippen molar-refractivity contribution in [1.29, 1.82) is 0 Å². The van der Waals surface area contributed by atoms with Gasteiger partial charge in [-0.15, -0.1) is 0 Å². The van der Waals surface area contributed by atoms with E-state index in [1.54, 1.807) is 18.2 Å². The van der Waals surface area contributed by atoms with Crippen LogP contribution in [0.15, 0.2) is 42.5 Å². The molecule has 1 aliphatic heterocycles. The van der Waals surface area contributed by atoms with E-state index < -0.39 is 0 Å². The number of nitrogens with zero attached hydrogens (tertiary/aromatic N) is 3. The molecule has 3 aromatic rings. The van der Waals surface area contributed by atoms with Crippen LogP contribution < -0.4 is 25.0 Å². The Labute approximate surface area is 229 Å². The van der Waals surface area contributed by atoms with Crippen LogP contribution in [0.1, 0.15) is 55.3 Å². The molecule has 0 saturated heterocycles. The number of fused-ring (bicyclic) bond motifs is 2. The topological polar surface area (TPSA) is 106 Å². The molecule has 0 atom stereocenters. The number of para-hydroxylation sites is 1. The van der Waals surface area contributed by atoms with Crippen molar-refractivity contribution in [2.75, 3.05) is 44.1 Å². The molecule has 5 rings (SSSR count). The molecule has 1 saturated carbocycles. The van der Waals surface area contributed by atoms with Gasteiger partial charge in [0.2, 0.25) is 11.9 Å². The van der Waals surface area contributed by atoms with Crippen molar-refractivity contribution in [3.8, 4) is 11.5 Å². The summed E-state index contributed by atoms with van der Waals surface area (Å²) in [6.45, 7) is 1.82. The van der Waals surface area contributed by atoms with E-state index in [1.807, 2.05) is 43.3 Å². The minimum atomic E-state index is -0.0845. The number of ether oxygens (including phenoxy) is 2. The zero-order chi connectivity index (χ0) is 27.2. The van der Waals surface area contributed by atoms with E-state index in [1.165, 1.54) is 0 Å². The molecule has 0 unspecified atom stereocenters. The highest BCUT2D eigenvalue weighted by Crippen LogP contribution is 2.31. The fourth-order valence-electron chi connectivity index (χ4n) is 5.21. The van der Waals surface area contributed by atoms with Crippen molar-refractivity contribution in [2.24, 2.45) is 5.92 Å². The summed E-state index contributed by atoms with van der Waals surface area (Å²) < 4.78 is 11.3. The smallest absolute Gasteiger partial charge is 0.225 e. The summed E-state index contributed by atoms with van der Waals surface area (Å²) in [5, 5.41) is 7.61. The number of hydrogen-bond donors (Lipinski definition) is 2. The summed E-state index contributed by atoms with van der Waals surface area (Å²) in [6, 6.07) is 13.6. The highest BCUT2D eigenvalue weighted by atomic mass is 16.5. The van der Waals surface area contributed by atoms with E-state index in [0.717, 1.165) is 48.8 Å². The van der Waals surface area contributed by atoms with Gasteiger partial charge in [0.1, 0.15) is 5.82 Å². The van der Waals surface area contributed by atoms with Crippen molar-refractivity contribution >= 4 is 34.4 Å². The van der Waals surface area contributed by atoms with Crippen LogP contribution in [-0.4, -0.2) is 61.6 Å². The Morgan fingerprint density at radius 3 is 2.51 bits per heavy atom. The van der Waals surface area contributed by atoms with Crippen molar-refractivity contribution in [1.82, 2.24) is 15.3 Å². The molecule has 2 aromatic carbocycles. The minimum absolute atomic E-state index is 0.0688. The second-order valence-electron chi connectivity index (χ2n) is 10.6. The Kier molecular flexibility index (Phi) is 8.44. The molecule has 0 bridgehead atoms. The number of nitrogens with one attached hydrogen (secondary N) is 2. The predicted octanol–water partition coefficient (Wildman–Crippen LogP) is 4.61. The molecular weight excluding hydrogens is 494 g/mol. The molecule has 0 radical (unpaired) electrons. The first-order chi connectivity index (χ1) is 19.0. The van der Waals surface area contributed by atoms with Gasteiger partial charge in [0.05, 0.1) is 18.7 Å². The number of Topliss-reactive ketones (excluding diaryl/α,β-unsaturated/α-hetero) is 1. The van der Waals surface area contributed by atoms with Gasteiger partial charge in [-0.1, -0.05) is 12.1 Å². The number of carbonyl (C=O) groups excluding carboxylic acids is 2. The first-order valence-electron chi connectivity index (χ1n) is 13.9. The number of benzene rings is 2. The van der Waals surface area contributed by atoms with Crippen molar-refractivity contribution in [2.45, 2.75) is 51.0 Å². The summed E-state index contributed by atoms with van der Waals surface area (Å²) in [6.07, 6.45) is 5.19. The van der Waals surface area contributed by atoms with Crippen LogP contribution in [0.5, 0.6) is 11.5 Å². The molecule has 1 amide bonds. The third-order valence-electron chi connectivity index (χ3n) is 7.42. The molecule has 1 aliphatic carbocycles. The fraction of sp³-hybridized carbons (Fsp3) is 0.467. The summed E-state index contributed by atoms with van der Waals surface area (Å²) in [5.74, 6) is 3.10. The SMILES string of the molecule is CN(C)c1nc(N[C@H]2CC[C@@H](CNC(=O)CCC(=O)c3ccc4c(c3)OCCCO4)CC2)nc2ccccc12. The summed E-state index contributed by atoms with van der Waals surface area (Å²) >= 11 is 0. The minimum Gasteiger partial charge on any atom is -0.490 e. The molecule has 39 heavy (non-hydrogen) atoms. The Bertz CT molecular complexity index is 1320. The van der Waals surface area contributed by atoms with Crippen LogP contribution >= 0.6 is 0 Å². The number of hydrogen-bond acceptors (Lipinski definition) is 8. The Hall–Kier alpha value is -3.88. The van der Waals surface area contributed by atoms with Gasteiger partial charge in [-0.2, -0.15) is 4.98 Å². The number of rotatable bonds is 9. The van der Waals surface area contributed by atoms with E-state index in [9.17, 15) is 9.59 Å². The van der Waals surface area contributed by atoms with E-state index in [-0.39, 0.29) is 24.5 Å². The number of ketones is 1. The predicted molar refractivity (Wildman–Crippen MR) is 152 cm³/mol. The molecule has 1 fully saturated rings. The lowest BCUT2D eigenvalue weighted by molar-refractivity contribution is -0.121. The van der Waals surface area contributed by atoms with Gasteiger partial charge in [-0.25, -0.2) is 4.98 Å². The summed E-state index contributed by atoms with van der Waals surface area (Å²) in [4.78, 5) is 36.6. The second kappa shape index (κ2) is 12.3. The zero-order valence-corrected chi connectivity index (χ0v) is 22.7. The molecule has 1 aromatic heterocycles. The van der Waals surface area contributed by atoms with E-state index in [2.05, 4.69) is 10.6 Å². The first kappa shape index (κ1) is 26.7. The average Bonchev–Trinajstić information content (AvgIpc) is 3.20. The average molecular weight is 532 g/mol.